The number of hydrogen-bond donors (Lipinski definition) is 0. The van der Waals surface area contributed by atoms with Crippen molar-refractivity contribution in [3.8, 4) is 0 Å². The molecule has 3 nitrogen and oxygen atoms in total. The van der Waals surface area contributed by atoms with Crippen LogP contribution in [0.25, 0.3) is 0 Å². The third-order valence-electron chi connectivity index (χ3n) is 4.82. The zero-order chi connectivity index (χ0) is 15.0. The Hall–Kier alpha value is -1.16. The van der Waals surface area contributed by atoms with Crippen molar-refractivity contribution >= 4 is 27.7 Å². The van der Waals surface area contributed by atoms with Gasteiger partial charge in [0.2, 0.25) is 11.8 Å². The smallest absolute Gasteiger partial charge is 0.233 e. The van der Waals surface area contributed by atoms with Gasteiger partial charge in [0.1, 0.15) is 0 Å². The molecule has 1 aromatic carbocycles. The predicted molar refractivity (Wildman–Crippen MR) is 85.1 cm³/mol. The van der Waals surface area contributed by atoms with Crippen LogP contribution >= 0.6 is 15.9 Å². The van der Waals surface area contributed by atoms with Crippen molar-refractivity contribution in [2.24, 2.45) is 17.8 Å². The second kappa shape index (κ2) is 5.91. The van der Waals surface area contributed by atoms with Crippen LogP contribution in [0, 0.1) is 17.8 Å². The summed E-state index contributed by atoms with van der Waals surface area (Å²) in [5.41, 5.74) is 1.17. The number of likely N-dealkylation sites (tertiary alicyclic amines) is 1. The number of imide groups is 1. The van der Waals surface area contributed by atoms with Crippen molar-refractivity contribution in [3.63, 3.8) is 0 Å². The van der Waals surface area contributed by atoms with Crippen LogP contribution in [0.5, 0.6) is 0 Å². The average molecular weight is 350 g/mol. The molecule has 0 spiro atoms. The Morgan fingerprint density at radius 3 is 2.24 bits per heavy atom. The van der Waals surface area contributed by atoms with Crippen LogP contribution in [0.15, 0.2) is 30.3 Å². The van der Waals surface area contributed by atoms with Gasteiger partial charge in [0.25, 0.3) is 0 Å². The van der Waals surface area contributed by atoms with E-state index in [0.717, 1.165) is 18.2 Å². The van der Waals surface area contributed by atoms with E-state index in [4.69, 9.17) is 0 Å². The number of alkyl halides is 1. The summed E-state index contributed by atoms with van der Waals surface area (Å²) in [4.78, 5) is 26.5. The molecule has 1 saturated heterocycles. The molecule has 112 valence electrons. The van der Waals surface area contributed by atoms with Gasteiger partial charge in [0, 0.05) is 17.8 Å². The van der Waals surface area contributed by atoms with Gasteiger partial charge in [-0.3, -0.25) is 14.5 Å². The van der Waals surface area contributed by atoms with Crippen LogP contribution in [0.1, 0.15) is 31.2 Å². The number of benzene rings is 1. The molecule has 3 rings (SSSR count). The molecule has 21 heavy (non-hydrogen) atoms. The molecule has 3 unspecified atom stereocenters. The second-order valence-electron chi connectivity index (χ2n) is 6.34. The highest BCUT2D eigenvalue weighted by atomic mass is 79.9. The molecule has 2 amide bonds. The fourth-order valence-electron chi connectivity index (χ4n) is 3.72. The van der Waals surface area contributed by atoms with Gasteiger partial charge in [0.05, 0.1) is 11.8 Å². The Kier molecular flexibility index (Phi) is 4.16. The number of rotatable bonds is 4. The van der Waals surface area contributed by atoms with E-state index >= 15 is 0 Å². The van der Waals surface area contributed by atoms with Gasteiger partial charge in [-0.05, 0) is 24.3 Å². The molecule has 0 bridgehead atoms. The topological polar surface area (TPSA) is 37.4 Å². The van der Waals surface area contributed by atoms with Gasteiger partial charge in [-0.25, -0.2) is 0 Å². The SMILES string of the molecule is CC1CC2C(=O)N(CC(CBr)c3ccccc3)C(=O)C2C1. The highest BCUT2D eigenvalue weighted by Crippen LogP contribution is 2.43. The minimum absolute atomic E-state index is 0.0521. The number of hydrogen-bond acceptors (Lipinski definition) is 2. The van der Waals surface area contributed by atoms with E-state index in [2.05, 4.69) is 35.0 Å². The lowest BCUT2D eigenvalue weighted by molar-refractivity contribution is -0.140. The molecule has 0 aromatic heterocycles. The molecule has 1 saturated carbocycles. The van der Waals surface area contributed by atoms with Gasteiger partial charge in [-0.2, -0.15) is 0 Å². The fourth-order valence-corrected chi connectivity index (χ4v) is 4.29. The highest BCUT2D eigenvalue weighted by molar-refractivity contribution is 9.09. The second-order valence-corrected chi connectivity index (χ2v) is 6.99. The lowest BCUT2D eigenvalue weighted by Gasteiger charge is -2.23. The van der Waals surface area contributed by atoms with Gasteiger partial charge < -0.3 is 0 Å². The number of nitrogens with zero attached hydrogens (tertiary/aromatic N) is 1. The average Bonchev–Trinajstić information content (AvgIpc) is 2.98. The Bertz CT molecular complexity index is 521. The summed E-state index contributed by atoms with van der Waals surface area (Å²) in [5, 5.41) is 0.750. The van der Waals surface area contributed by atoms with Crippen LogP contribution in [0.3, 0.4) is 0 Å². The Balaban J connectivity index is 1.76. The van der Waals surface area contributed by atoms with Crippen molar-refractivity contribution in [1.29, 1.82) is 0 Å². The Morgan fingerprint density at radius 1 is 1.14 bits per heavy atom. The third-order valence-corrected chi connectivity index (χ3v) is 5.61. The summed E-state index contributed by atoms with van der Waals surface area (Å²) in [6.45, 7) is 2.63. The summed E-state index contributed by atoms with van der Waals surface area (Å²) >= 11 is 3.52. The van der Waals surface area contributed by atoms with Crippen molar-refractivity contribution in [3.05, 3.63) is 35.9 Å². The van der Waals surface area contributed by atoms with Gasteiger partial charge in [-0.1, -0.05) is 53.2 Å². The summed E-state index contributed by atoms with van der Waals surface area (Å²) in [7, 11) is 0. The number of halogens is 1. The quantitative estimate of drug-likeness (QED) is 0.618. The number of amides is 2. The molecule has 1 aromatic rings. The van der Waals surface area contributed by atoms with Crippen molar-refractivity contribution in [2.75, 3.05) is 11.9 Å². The maximum atomic E-state index is 12.5. The van der Waals surface area contributed by atoms with Crippen molar-refractivity contribution in [2.45, 2.75) is 25.7 Å². The van der Waals surface area contributed by atoms with E-state index in [1.165, 1.54) is 10.5 Å². The summed E-state index contributed by atoms with van der Waals surface area (Å²) < 4.78 is 0. The lowest BCUT2D eigenvalue weighted by atomic mass is 10.00. The lowest BCUT2D eigenvalue weighted by Crippen LogP contribution is -2.36. The Morgan fingerprint density at radius 2 is 1.71 bits per heavy atom. The maximum absolute atomic E-state index is 12.5. The van der Waals surface area contributed by atoms with E-state index in [0.29, 0.717) is 12.5 Å². The van der Waals surface area contributed by atoms with Crippen LogP contribution in [-0.4, -0.2) is 28.6 Å². The Labute approximate surface area is 133 Å². The molecule has 0 radical (unpaired) electrons. The summed E-state index contributed by atoms with van der Waals surface area (Å²) in [6, 6.07) is 10.1. The minimum atomic E-state index is -0.0563. The summed E-state index contributed by atoms with van der Waals surface area (Å²) in [6.07, 6.45) is 1.74. The van der Waals surface area contributed by atoms with E-state index in [9.17, 15) is 9.59 Å². The number of carbonyl (C=O) groups is 2. The molecule has 1 aliphatic heterocycles. The first-order valence-electron chi connectivity index (χ1n) is 7.58. The van der Waals surface area contributed by atoms with Crippen LogP contribution in [0.4, 0.5) is 0 Å². The molecule has 2 aliphatic rings. The first-order chi connectivity index (χ1) is 10.1. The largest absolute Gasteiger partial charge is 0.281 e. The first-order valence-corrected chi connectivity index (χ1v) is 8.70. The van der Waals surface area contributed by atoms with E-state index in [1.807, 2.05) is 18.2 Å². The molecule has 1 aliphatic carbocycles. The van der Waals surface area contributed by atoms with Gasteiger partial charge in [-0.15, -0.1) is 0 Å². The molecule has 4 heteroatoms. The maximum Gasteiger partial charge on any atom is 0.233 e. The molecular formula is C17H20BrNO2. The molecule has 2 fully saturated rings. The monoisotopic (exact) mass is 349 g/mol. The molecule has 0 N–H and O–H groups in total. The normalized spacial score (nSPS) is 29.8. The van der Waals surface area contributed by atoms with Crippen LogP contribution < -0.4 is 0 Å². The minimum Gasteiger partial charge on any atom is -0.281 e. The van der Waals surface area contributed by atoms with Crippen LogP contribution in [-0.2, 0) is 9.59 Å². The van der Waals surface area contributed by atoms with Crippen molar-refractivity contribution in [1.82, 2.24) is 4.90 Å². The van der Waals surface area contributed by atoms with E-state index in [-0.39, 0.29) is 29.6 Å². The number of carbonyl (C=O) groups excluding carboxylic acids is 2. The standard InChI is InChI=1S/C17H20BrNO2/c1-11-7-14-15(8-11)17(21)19(16(14)20)10-13(9-18)12-5-3-2-4-6-12/h2-6,11,13-15H,7-10H2,1H3. The summed E-state index contributed by atoms with van der Waals surface area (Å²) in [5.74, 6) is 0.650. The van der Waals surface area contributed by atoms with Gasteiger partial charge in [0.15, 0.2) is 0 Å². The molecule has 1 heterocycles. The van der Waals surface area contributed by atoms with Crippen LogP contribution in [0.2, 0.25) is 0 Å². The van der Waals surface area contributed by atoms with Gasteiger partial charge >= 0.3 is 0 Å². The molecular weight excluding hydrogens is 330 g/mol. The van der Waals surface area contributed by atoms with E-state index in [1.54, 1.807) is 0 Å². The fraction of sp³-hybridized carbons (Fsp3) is 0.529. The molecule has 3 atom stereocenters. The van der Waals surface area contributed by atoms with Crippen molar-refractivity contribution < 1.29 is 9.59 Å². The predicted octanol–water partition coefficient (Wildman–Crippen LogP) is 3.20. The zero-order valence-electron chi connectivity index (χ0n) is 12.2. The van der Waals surface area contributed by atoms with E-state index < -0.39 is 0 Å². The highest BCUT2D eigenvalue weighted by Gasteiger charge is 2.51. The third kappa shape index (κ3) is 2.66. The first kappa shape index (κ1) is 14.8. The zero-order valence-corrected chi connectivity index (χ0v) is 13.8. The number of fused-ring (bicyclic) bond motifs is 1.